The van der Waals surface area contributed by atoms with E-state index >= 15 is 0 Å². The maximum absolute atomic E-state index is 11.8. The van der Waals surface area contributed by atoms with Gasteiger partial charge in [0.1, 0.15) is 5.75 Å². The van der Waals surface area contributed by atoms with Gasteiger partial charge in [-0.3, -0.25) is 9.79 Å². The standard InChI is InChI=1S/C23H36N4O2/c1-16(2)18-7-9-20(10-8-18)27-23(24-3)25-14-17-5-4-6-21(13-17)29-15-22(28)26-19-11-12-19/h4-6,13,16,18-20H,7-12,14-15H2,1-3H3,(H,26,28)(H2,24,25,27). The number of rotatable bonds is 8. The van der Waals surface area contributed by atoms with Crippen LogP contribution in [0.15, 0.2) is 29.3 Å². The molecule has 2 saturated carbocycles. The lowest BCUT2D eigenvalue weighted by Gasteiger charge is -2.32. The van der Waals surface area contributed by atoms with E-state index < -0.39 is 0 Å². The van der Waals surface area contributed by atoms with E-state index in [0.29, 0.717) is 24.4 Å². The van der Waals surface area contributed by atoms with Gasteiger partial charge in [0.25, 0.3) is 5.91 Å². The molecular weight excluding hydrogens is 364 g/mol. The lowest BCUT2D eigenvalue weighted by atomic mass is 9.80. The van der Waals surface area contributed by atoms with Crippen molar-refractivity contribution in [3.05, 3.63) is 29.8 Å². The topological polar surface area (TPSA) is 74.8 Å². The summed E-state index contributed by atoms with van der Waals surface area (Å²) < 4.78 is 5.64. The van der Waals surface area contributed by atoms with Crippen molar-refractivity contribution < 1.29 is 9.53 Å². The minimum Gasteiger partial charge on any atom is -0.484 e. The van der Waals surface area contributed by atoms with E-state index in [9.17, 15) is 4.79 Å². The molecule has 1 aromatic rings. The van der Waals surface area contributed by atoms with Gasteiger partial charge in [0, 0.05) is 25.7 Å². The summed E-state index contributed by atoms with van der Waals surface area (Å²) in [5, 5.41) is 9.90. The van der Waals surface area contributed by atoms with Crippen LogP contribution in [0.5, 0.6) is 5.75 Å². The Bertz CT molecular complexity index is 692. The molecule has 29 heavy (non-hydrogen) atoms. The summed E-state index contributed by atoms with van der Waals surface area (Å²) in [4.78, 5) is 16.2. The number of carbonyl (C=O) groups excluding carboxylic acids is 1. The first kappa shape index (κ1) is 21.5. The monoisotopic (exact) mass is 400 g/mol. The third-order valence-electron chi connectivity index (χ3n) is 5.95. The van der Waals surface area contributed by atoms with Crippen LogP contribution in [0.3, 0.4) is 0 Å². The van der Waals surface area contributed by atoms with E-state index in [1.165, 1.54) is 25.7 Å². The molecule has 2 aliphatic carbocycles. The Labute approximate surface area is 174 Å². The highest BCUT2D eigenvalue weighted by molar-refractivity contribution is 5.80. The van der Waals surface area contributed by atoms with Gasteiger partial charge in [0.2, 0.25) is 0 Å². The summed E-state index contributed by atoms with van der Waals surface area (Å²) in [7, 11) is 1.81. The van der Waals surface area contributed by atoms with Crippen LogP contribution < -0.4 is 20.7 Å². The summed E-state index contributed by atoms with van der Waals surface area (Å²) in [6.07, 6.45) is 7.16. The van der Waals surface area contributed by atoms with Crippen LogP contribution in [-0.2, 0) is 11.3 Å². The number of benzene rings is 1. The van der Waals surface area contributed by atoms with Crippen LogP contribution in [0.4, 0.5) is 0 Å². The van der Waals surface area contributed by atoms with E-state index in [1.54, 1.807) is 0 Å². The number of hydrogen-bond acceptors (Lipinski definition) is 3. The largest absolute Gasteiger partial charge is 0.484 e. The number of guanidine groups is 1. The van der Waals surface area contributed by atoms with Crippen LogP contribution in [0.1, 0.15) is 57.9 Å². The molecule has 3 rings (SSSR count). The SMILES string of the molecule is CN=C(NCc1cccc(OCC(=O)NC2CC2)c1)NC1CCC(C(C)C)CC1. The highest BCUT2D eigenvalue weighted by Gasteiger charge is 2.24. The van der Waals surface area contributed by atoms with Gasteiger partial charge in [-0.25, -0.2) is 0 Å². The second-order valence-electron chi connectivity index (χ2n) is 8.70. The molecule has 0 bridgehead atoms. The first-order valence-corrected chi connectivity index (χ1v) is 11.0. The number of hydrogen-bond donors (Lipinski definition) is 3. The summed E-state index contributed by atoms with van der Waals surface area (Å²) in [5.74, 6) is 3.14. The smallest absolute Gasteiger partial charge is 0.258 e. The molecule has 3 N–H and O–H groups in total. The van der Waals surface area contributed by atoms with Gasteiger partial charge < -0.3 is 20.7 Å². The highest BCUT2D eigenvalue weighted by Crippen LogP contribution is 2.29. The maximum Gasteiger partial charge on any atom is 0.258 e. The van der Waals surface area contributed by atoms with Gasteiger partial charge in [-0.1, -0.05) is 26.0 Å². The van der Waals surface area contributed by atoms with Gasteiger partial charge in [0.15, 0.2) is 12.6 Å². The Balaban J connectivity index is 1.41. The first-order valence-electron chi connectivity index (χ1n) is 11.0. The van der Waals surface area contributed by atoms with E-state index in [1.807, 2.05) is 31.3 Å². The molecule has 0 radical (unpaired) electrons. The van der Waals surface area contributed by atoms with Crippen LogP contribution in [0.25, 0.3) is 0 Å². The van der Waals surface area contributed by atoms with Crippen LogP contribution >= 0.6 is 0 Å². The summed E-state index contributed by atoms with van der Waals surface area (Å²) in [5.41, 5.74) is 1.09. The van der Waals surface area contributed by atoms with E-state index in [4.69, 9.17) is 4.74 Å². The fourth-order valence-electron chi connectivity index (χ4n) is 3.90. The van der Waals surface area contributed by atoms with Crippen molar-refractivity contribution in [1.29, 1.82) is 0 Å². The molecule has 1 aromatic carbocycles. The Morgan fingerprint density at radius 1 is 1.10 bits per heavy atom. The third-order valence-corrected chi connectivity index (χ3v) is 5.95. The Hall–Kier alpha value is -2.24. The van der Waals surface area contributed by atoms with Crippen molar-refractivity contribution in [2.45, 2.75) is 71.0 Å². The van der Waals surface area contributed by atoms with Gasteiger partial charge >= 0.3 is 0 Å². The number of ether oxygens (including phenoxy) is 1. The van der Waals surface area contributed by atoms with Crippen LogP contribution in [0, 0.1) is 11.8 Å². The Morgan fingerprint density at radius 2 is 1.79 bits per heavy atom. The molecule has 0 aliphatic heterocycles. The zero-order valence-corrected chi connectivity index (χ0v) is 18.0. The van der Waals surface area contributed by atoms with Gasteiger partial charge in [-0.15, -0.1) is 0 Å². The average Bonchev–Trinajstić information content (AvgIpc) is 3.54. The zero-order valence-electron chi connectivity index (χ0n) is 18.0. The molecule has 0 atom stereocenters. The molecular formula is C23H36N4O2. The number of aliphatic imine (C=N–C) groups is 1. The van der Waals surface area contributed by atoms with Gasteiger partial charge in [-0.2, -0.15) is 0 Å². The molecule has 0 aromatic heterocycles. The van der Waals surface area contributed by atoms with Gasteiger partial charge in [0.05, 0.1) is 0 Å². The van der Waals surface area contributed by atoms with Crippen molar-refractivity contribution in [3.63, 3.8) is 0 Å². The molecule has 6 nitrogen and oxygen atoms in total. The molecule has 1 amide bonds. The van der Waals surface area contributed by atoms with Crippen LogP contribution in [0.2, 0.25) is 0 Å². The first-order chi connectivity index (χ1) is 14.0. The quantitative estimate of drug-likeness (QED) is 0.463. The minimum atomic E-state index is -0.0483. The van der Waals surface area contributed by atoms with E-state index in [-0.39, 0.29) is 12.5 Å². The molecule has 0 unspecified atom stereocenters. The fraction of sp³-hybridized carbons (Fsp3) is 0.652. The van der Waals surface area contributed by atoms with Crippen molar-refractivity contribution in [2.75, 3.05) is 13.7 Å². The van der Waals surface area contributed by atoms with Crippen molar-refractivity contribution in [1.82, 2.24) is 16.0 Å². The van der Waals surface area contributed by atoms with Crippen molar-refractivity contribution >= 4 is 11.9 Å². The lowest BCUT2D eigenvalue weighted by Crippen LogP contribution is -2.44. The molecule has 160 valence electrons. The molecule has 2 fully saturated rings. The Morgan fingerprint density at radius 3 is 2.45 bits per heavy atom. The highest BCUT2D eigenvalue weighted by atomic mass is 16.5. The van der Waals surface area contributed by atoms with Crippen molar-refractivity contribution in [3.8, 4) is 5.75 Å². The molecule has 0 spiro atoms. The van der Waals surface area contributed by atoms with Crippen molar-refractivity contribution in [2.24, 2.45) is 16.8 Å². The molecule has 0 heterocycles. The van der Waals surface area contributed by atoms with Gasteiger partial charge in [-0.05, 0) is 68.1 Å². The Kier molecular flexibility index (Phi) is 7.78. The predicted octanol–water partition coefficient (Wildman–Crippen LogP) is 3.22. The second kappa shape index (κ2) is 10.5. The molecule has 0 saturated heterocycles. The lowest BCUT2D eigenvalue weighted by molar-refractivity contribution is -0.123. The average molecular weight is 401 g/mol. The number of nitrogens with zero attached hydrogens (tertiary/aromatic N) is 1. The molecule has 6 heteroatoms. The maximum atomic E-state index is 11.8. The van der Waals surface area contributed by atoms with E-state index in [2.05, 4.69) is 34.8 Å². The number of amides is 1. The number of nitrogens with one attached hydrogen (secondary N) is 3. The third kappa shape index (κ3) is 7.26. The minimum absolute atomic E-state index is 0.0483. The predicted molar refractivity (Wildman–Crippen MR) is 117 cm³/mol. The second-order valence-corrected chi connectivity index (χ2v) is 8.70. The van der Waals surface area contributed by atoms with E-state index in [0.717, 1.165) is 36.2 Å². The summed E-state index contributed by atoms with van der Waals surface area (Å²) in [6, 6.07) is 8.71. The zero-order chi connectivity index (χ0) is 20.6. The summed E-state index contributed by atoms with van der Waals surface area (Å²) >= 11 is 0. The molecule has 2 aliphatic rings. The fourth-order valence-corrected chi connectivity index (χ4v) is 3.90. The summed E-state index contributed by atoms with van der Waals surface area (Å²) in [6.45, 7) is 5.38. The number of carbonyl (C=O) groups is 1. The van der Waals surface area contributed by atoms with Crippen LogP contribution in [-0.4, -0.2) is 37.6 Å². The normalized spacial score (nSPS) is 22.3.